The summed E-state index contributed by atoms with van der Waals surface area (Å²) < 4.78 is 30.4. The van der Waals surface area contributed by atoms with Crippen molar-refractivity contribution >= 4 is 17.5 Å². The first-order valence-electron chi connectivity index (χ1n) is 17.7. The number of hydrogen-bond acceptors (Lipinski definition) is 8. The molecule has 10 nitrogen and oxygen atoms in total. The van der Waals surface area contributed by atoms with E-state index in [-0.39, 0.29) is 48.7 Å². The molecular weight excluding hydrogens is 590 g/mol. The van der Waals surface area contributed by atoms with E-state index in [0.717, 1.165) is 37.9 Å². The Balaban J connectivity index is 1.42. The van der Waals surface area contributed by atoms with Gasteiger partial charge in [-0.2, -0.15) is 0 Å². The highest BCUT2D eigenvalue weighted by Crippen LogP contribution is 2.27. The first-order valence-corrected chi connectivity index (χ1v) is 17.7. The standard InChI is InChI=1S/C34H60F2N8O2/c1-6-7-8-9-22(2)27-11-10-25(35)18-39-23(3)29(31(37)41-27)32(45)42-28-20-38-19-26(36)30(28)43-15-12-24(13-16-43)33(46)44-17-14-40-34(4,5)21-44/h11,22,24-26,28-31,38,40-41H,6-10,12-21,37H2,1-5H3,(H,42,45)/b27-11-,39-23+. The molecule has 0 spiro atoms. The normalized spacial score (nSPS) is 34.7. The Bertz CT molecular complexity index is 1080. The molecule has 0 aromatic heterocycles. The Labute approximate surface area is 275 Å². The Morgan fingerprint density at radius 3 is 2.61 bits per heavy atom. The molecule has 262 valence electrons. The molecule has 0 aromatic carbocycles. The van der Waals surface area contributed by atoms with Crippen molar-refractivity contribution in [3.63, 3.8) is 0 Å². The monoisotopic (exact) mass is 650 g/mol. The van der Waals surface area contributed by atoms with Gasteiger partial charge in [0.1, 0.15) is 18.3 Å². The summed E-state index contributed by atoms with van der Waals surface area (Å²) >= 11 is 0. The molecule has 7 atom stereocenters. The minimum atomic E-state index is -1.18. The van der Waals surface area contributed by atoms with Gasteiger partial charge in [-0.15, -0.1) is 0 Å². The number of unbranched alkanes of at least 4 members (excludes halogenated alkanes) is 2. The fourth-order valence-corrected chi connectivity index (χ4v) is 7.61. The van der Waals surface area contributed by atoms with Gasteiger partial charge in [-0.05, 0) is 59.0 Å². The van der Waals surface area contributed by atoms with Crippen LogP contribution >= 0.6 is 0 Å². The zero-order valence-electron chi connectivity index (χ0n) is 28.8. The third-order valence-electron chi connectivity index (χ3n) is 10.3. The minimum Gasteiger partial charge on any atom is -0.372 e. The number of allylic oxidation sites excluding steroid dienone is 2. The number of likely N-dealkylation sites (tertiary alicyclic amines) is 1. The molecule has 6 N–H and O–H groups in total. The van der Waals surface area contributed by atoms with Crippen LogP contribution in [0.25, 0.3) is 0 Å². The van der Waals surface area contributed by atoms with Gasteiger partial charge in [0, 0.05) is 62.0 Å². The molecule has 0 aliphatic carbocycles. The van der Waals surface area contributed by atoms with Gasteiger partial charge in [0.05, 0.1) is 24.8 Å². The predicted octanol–water partition coefficient (Wildman–Crippen LogP) is 2.50. The van der Waals surface area contributed by atoms with E-state index in [1.165, 1.54) is 0 Å². The van der Waals surface area contributed by atoms with E-state index < -0.39 is 36.5 Å². The van der Waals surface area contributed by atoms with E-state index in [0.29, 0.717) is 51.3 Å². The summed E-state index contributed by atoms with van der Waals surface area (Å²) in [5.41, 5.74) is 7.90. The van der Waals surface area contributed by atoms with Crippen LogP contribution in [-0.2, 0) is 9.59 Å². The van der Waals surface area contributed by atoms with Crippen LogP contribution in [0.1, 0.15) is 79.6 Å². The highest BCUT2D eigenvalue weighted by molar-refractivity contribution is 6.04. The summed E-state index contributed by atoms with van der Waals surface area (Å²) in [5, 5.41) is 13.1. The minimum absolute atomic E-state index is 0.0321. The van der Waals surface area contributed by atoms with Crippen molar-refractivity contribution < 1.29 is 18.4 Å². The number of piperazine rings is 1. The second-order valence-electron chi connectivity index (χ2n) is 14.7. The highest BCUT2D eigenvalue weighted by atomic mass is 19.1. The molecule has 12 heteroatoms. The second kappa shape index (κ2) is 16.8. The average molecular weight is 651 g/mol. The van der Waals surface area contributed by atoms with E-state index in [1.54, 1.807) is 6.92 Å². The Morgan fingerprint density at radius 2 is 1.91 bits per heavy atom. The predicted molar refractivity (Wildman–Crippen MR) is 180 cm³/mol. The zero-order valence-corrected chi connectivity index (χ0v) is 28.8. The van der Waals surface area contributed by atoms with Crippen molar-refractivity contribution in [3.05, 3.63) is 11.8 Å². The van der Waals surface area contributed by atoms with Crippen molar-refractivity contribution in [3.8, 4) is 0 Å². The molecule has 4 aliphatic rings. The molecule has 0 aromatic rings. The molecule has 3 fully saturated rings. The van der Waals surface area contributed by atoms with Crippen LogP contribution in [0, 0.1) is 17.8 Å². The number of amides is 2. The third kappa shape index (κ3) is 9.70. The van der Waals surface area contributed by atoms with E-state index in [9.17, 15) is 14.0 Å². The lowest BCUT2D eigenvalue weighted by Gasteiger charge is -2.46. The highest BCUT2D eigenvalue weighted by Gasteiger charge is 2.43. The summed E-state index contributed by atoms with van der Waals surface area (Å²) in [7, 11) is 0. The Hall–Kier alpha value is -2.15. The van der Waals surface area contributed by atoms with Crippen LogP contribution in [0.2, 0.25) is 0 Å². The third-order valence-corrected chi connectivity index (χ3v) is 10.3. The van der Waals surface area contributed by atoms with Crippen LogP contribution in [-0.4, -0.2) is 116 Å². The van der Waals surface area contributed by atoms with E-state index in [2.05, 4.69) is 58.9 Å². The first-order chi connectivity index (χ1) is 21.9. The molecule has 4 heterocycles. The zero-order chi connectivity index (χ0) is 33.4. The summed E-state index contributed by atoms with van der Waals surface area (Å²) in [6.07, 6.45) is 4.59. The van der Waals surface area contributed by atoms with Gasteiger partial charge in [-0.1, -0.05) is 39.2 Å². The largest absolute Gasteiger partial charge is 0.372 e. The van der Waals surface area contributed by atoms with Crippen molar-refractivity contribution in [2.24, 2.45) is 28.5 Å². The molecule has 4 rings (SSSR count). The maximum absolute atomic E-state index is 15.6. The summed E-state index contributed by atoms with van der Waals surface area (Å²) in [4.78, 5) is 35.9. The number of carbonyl (C=O) groups excluding carboxylic acids is 2. The number of rotatable bonds is 9. The van der Waals surface area contributed by atoms with Gasteiger partial charge in [0.25, 0.3) is 0 Å². The lowest BCUT2D eigenvalue weighted by molar-refractivity contribution is -0.139. The van der Waals surface area contributed by atoms with Gasteiger partial charge in [-0.3, -0.25) is 19.5 Å². The number of hydrogen-bond donors (Lipinski definition) is 5. The fourth-order valence-electron chi connectivity index (χ4n) is 7.61. The first kappa shape index (κ1) is 36.7. The van der Waals surface area contributed by atoms with Crippen molar-refractivity contribution in [1.82, 2.24) is 31.1 Å². The lowest BCUT2D eigenvalue weighted by atomic mass is 9.89. The number of aliphatic imine (C=N–C) groups is 1. The van der Waals surface area contributed by atoms with Crippen LogP contribution < -0.4 is 27.0 Å². The molecule has 46 heavy (non-hydrogen) atoms. The van der Waals surface area contributed by atoms with Crippen LogP contribution in [0.15, 0.2) is 16.8 Å². The number of carbonyl (C=O) groups is 2. The Kier molecular flexibility index (Phi) is 13.4. The van der Waals surface area contributed by atoms with Gasteiger partial charge in [0.2, 0.25) is 11.8 Å². The van der Waals surface area contributed by atoms with Crippen molar-refractivity contribution in [2.45, 2.75) is 116 Å². The smallest absolute Gasteiger partial charge is 0.232 e. The SMILES string of the molecule is CCCCCC(C)/C1=C/CC(F)C/N=C(\C)C(C(=O)NC2CNCC(F)C2N2CCC(C(=O)N3CCNC(C)(C)C3)CC2)C(N)N1. The molecular formula is C34H60F2N8O2. The van der Waals surface area contributed by atoms with E-state index in [1.807, 2.05) is 11.0 Å². The van der Waals surface area contributed by atoms with Crippen LogP contribution in [0.3, 0.4) is 0 Å². The Morgan fingerprint density at radius 1 is 1.17 bits per heavy atom. The molecule has 2 amide bonds. The lowest BCUT2D eigenvalue weighted by Crippen LogP contribution is -2.67. The van der Waals surface area contributed by atoms with Crippen molar-refractivity contribution in [2.75, 3.05) is 52.4 Å². The maximum Gasteiger partial charge on any atom is 0.232 e. The number of nitrogens with one attached hydrogen (secondary N) is 4. The van der Waals surface area contributed by atoms with E-state index in [4.69, 9.17) is 5.73 Å². The average Bonchev–Trinajstić information content (AvgIpc) is 3.01. The molecule has 0 bridgehead atoms. The summed E-state index contributed by atoms with van der Waals surface area (Å²) in [6.45, 7) is 14.2. The molecule has 4 aliphatic heterocycles. The number of alkyl halides is 2. The summed E-state index contributed by atoms with van der Waals surface area (Å²) in [5.74, 6) is -0.916. The topological polar surface area (TPSA) is 127 Å². The van der Waals surface area contributed by atoms with Gasteiger partial charge < -0.3 is 31.9 Å². The van der Waals surface area contributed by atoms with Crippen LogP contribution in [0.4, 0.5) is 8.78 Å². The number of piperidine rings is 2. The summed E-state index contributed by atoms with van der Waals surface area (Å²) in [6, 6.07) is -1.02. The van der Waals surface area contributed by atoms with Gasteiger partial charge in [0.15, 0.2) is 0 Å². The molecule has 0 saturated carbocycles. The molecule has 0 radical (unpaired) electrons. The van der Waals surface area contributed by atoms with Crippen LogP contribution in [0.5, 0.6) is 0 Å². The van der Waals surface area contributed by atoms with Gasteiger partial charge >= 0.3 is 0 Å². The van der Waals surface area contributed by atoms with Gasteiger partial charge in [-0.25, -0.2) is 8.78 Å². The molecule has 3 saturated heterocycles. The number of nitrogens with zero attached hydrogens (tertiary/aromatic N) is 3. The quantitative estimate of drug-likeness (QED) is 0.243. The number of halogens is 2. The molecule has 7 unspecified atom stereocenters. The van der Waals surface area contributed by atoms with E-state index >= 15 is 4.39 Å². The van der Waals surface area contributed by atoms with Crippen molar-refractivity contribution in [1.29, 1.82) is 0 Å². The second-order valence-corrected chi connectivity index (χ2v) is 14.7. The number of nitrogens with two attached hydrogens (primary N) is 1. The fraction of sp³-hybridized carbons (Fsp3) is 0.853. The maximum atomic E-state index is 15.6.